The summed E-state index contributed by atoms with van der Waals surface area (Å²) in [5, 5.41) is 0. The second-order valence-corrected chi connectivity index (χ2v) is 7.01. The number of carbonyl (C=O) groups excluding carboxylic acids is 1. The summed E-state index contributed by atoms with van der Waals surface area (Å²) in [6.45, 7) is 3.87. The first kappa shape index (κ1) is 17.1. The number of anilines is 1. The highest BCUT2D eigenvalue weighted by Gasteiger charge is 2.41. The third-order valence-corrected chi connectivity index (χ3v) is 5.28. The molecule has 1 unspecified atom stereocenters. The molecule has 0 aliphatic carbocycles. The van der Waals surface area contributed by atoms with E-state index in [0.29, 0.717) is 18.7 Å². The van der Waals surface area contributed by atoms with Gasteiger partial charge in [-0.05, 0) is 31.7 Å². The fourth-order valence-corrected chi connectivity index (χ4v) is 4.08. The van der Waals surface area contributed by atoms with Gasteiger partial charge in [-0.1, -0.05) is 0 Å². The number of amides is 1. The van der Waals surface area contributed by atoms with E-state index >= 15 is 0 Å². The Hall–Kier alpha value is -1.69. The predicted octanol–water partition coefficient (Wildman–Crippen LogP) is 2.47. The highest BCUT2D eigenvalue weighted by molar-refractivity contribution is 5.77. The molecule has 6 heteroatoms. The van der Waals surface area contributed by atoms with E-state index in [2.05, 4.69) is 9.88 Å². The summed E-state index contributed by atoms with van der Waals surface area (Å²) in [4.78, 5) is 20.2. The monoisotopic (exact) mass is 335 g/mol. The summed E-state index contributed by atoms with van der Waals surface area (Å²) < 4.78 is 19.2. The molecule has 0 aromatic carbocycles. The molecule has 1 aromatic rings. The van der Waals surface area contributed by atoms with Gasteiger partial charge in [0.2, 0.25) is 5.91 Å². The van der Waals surface area contributed by atoms with Gasteiger partial charge in [0.25, 0.3) is 0 Å². The second-order valence-electron chi connectivity index (χ2n) is 7.01. The standard InChI is InChI=1S/C18H26FN3O2/c1-24-11-3-10-22-14-18(7-4-17(22)23)6-2-9-21(13-18)16-5-8-20-12-15(16)19/h5,8,12H,2-4,6-7,9-11,13-14H2,1H3. The van der Waals surface area contributed by atoms with E-state index in [1.165, 1.54) is 6.20 Å². The van der Waals surface area contributed by atoms with E-state index in [4.69, 9.17) is 4.74 Å². The number of ether oxygens (including phenoxy) is 1. The van der Waals surface area contributed by atoms with E-state index < -0.39 is 0 Å². The Labute approximate surface area is 142 Å². The van der Waals surface area contributed by atoms with E-state index in [-0.39, 0.29) is 17.1 Å². The molecule has 24 heavy (non-hydrogen) atoms. The van der Waals surface area contributed by atoms with Crippen molar-refractivity contribution >= 4 is 11.6 Å². The summed E-state index contributed by atoms with van der Waals surface area (Å²) in [5.41, 5.74) is 0.710. The molecule has 132 valence electrons. The smallest absolute Gasteiger partial charge is 0.222 e. The van der Waals surface area contributed by atoms with Gasteiger partial charge >= 0.3 is 0 Å². The largest absolute Gasteiger partial charge is 0.385 e. The molecule has 2 saturated heterocycles. The van der Waals surface area contributed by atoms with Crippen molar-refractivity contribution in [2.24, 2.45) is 5.41 Å². The van der Waals surface area contributed by atoms with Gasteiger partial charge in [0.15, 0.2) is 5.82 Å². The first-order valence-electron chi connectivity index (χ1n) is 8.75. The zero-order chi connectivity index (χ0) is 17.0. The highest BCUT2D eigenvalue weighted by Crippen LogP contribution is 2.40. The quantitative estimate of drug-likeness (QED) is 0.776. The topological polar surface area (TPSA) is 45.7 Å². The van der Waals surface area contributed by atoms with Crippen LogP contribution in [-0.4, -0.2) is 55.7 Å². The fourth-order valence-electron chi connectivity index (χ4n) is 4.08. The van der Waals surface area contributed by atoms with Crippen molar-refractivity contribution in [3.05, 3.63) is 24.3 Å². The number of aromatic nitrogens is 1. The van der Waals surface area contributed by atoms with Crippen molar-refractivity contribution in [2.75, 3.05) is 44.8 Å². The van der Waals surface area contributed by atoms with Crippen LogP contribution < -0.4 is 4.90 Å². The van der Waals surface area contributed by atoms with Crippen LogP contribution in [0.15, 0.2) is 18.5 Å². The van der Waals surface area contributed by atoms with Crippen molar-refractivity contribution < 1.29 is 13.9 Å². The van der Waals surface area contributed by atoms with Crippen LogP contribution in [0.5, 0.6) is 0 Å². The first-order chi connectivity index (χ1) is 11.6. The lowest BCUT2D eigenvalue weighted by atomic mass is 9.73. The molecule has 2 aliphatic rings. The maximum atomic E-state index is 14.1. The predicted molar refractivity (Wildman–Crippen MR) is 90.4 cm³/mol. The van der Waals surface area contributed by atoms with Crippen LogP contribution in [0.25, 0.3) is 0 Å². The molecule has 2 aliphatic heterocycles. The molecule has 0 N–H and O–H groups in total. The van der Waals surface area contributed by atoms with Gasteiger partial charge in [0.05, 0.1) is 11.9 Å². The van der Waals surface area contributed by atoms with Crippen LogP contribution in [0.4, 0.5) is 10.1 Å². The number of hydrogen-bond acceptors (Lipinski definition) is 4. The molecular formula is C18H26FN3O2. The Morgan fingerprint density at radius 1 is 1.38 bits per heavy atom. The van der Waals surface area contributed by atoms with E-state index in [0.717, 1.165) is 51.9 Å². The molecule has 1 atom stereocenters. The van der Waals surface area contributed by atoms with Crippen molar-refractivity contribution in [3.63, 3.8) is 0 Å². The van der Waals surface area contributed by atoms with Crippen molar-refractivity contribution in [2.45, 2.75) is 32.1 Å². The zero-order valence-electron chi connectivity index (χ0n) is 14.3. The normalized spacial score (nSPS) is 24.7. The summed E-state index contributed by atoms with van der Waals surface area (Å²) in [6, 6.07) is 1.75. The summed E-state index contributed by atoms with van der Waals surface area (Å²) in [7, 11) is 1.68. The van der Waals surface area contributed by atoms with Gasteiger partial charge in [0.1, 0.15) is 0 Å². The minimum absolute atomic E-state index is 0.0783. The fraction of sp³-hybridized carbons (Fsp3) is 0.667. The molecule has 1 aromatic heterocycles. The van der Waals surface area contributed by atoms with E-state index in [1.54, 1.807) is 19.4 Å². The number of halogens is 1. The molecule has 0 saturated carbocycles. The molecule has 3 heterocycles. The average Bonchev–Trinajstić information content (AvgIpc) is 2.59. The van der Waals surface area contributed by atoms with Crippen LogP contribution in [0.2, 0.25) is 0 Å². The molecule has 0 bridgehead atoms. The minimum Gasteiger partial charge on any atom is -0.385 e. The number of methoxy groups -OCH3 is 1. The minimum atomic E-state index is -0.265. The molecule has 5 nitrogen and oxygen atoms in total. The van der Waals surface area contributed by atoms with Gasteiger partial charge in [0, 0.05) is 57.9 Å². The van der Waals surface area contributed by atoms with Crippen LogP contribution >= 0.6 is 0 Å². The zero-order valence-corrected chi connectivity index (χ0v) is 14.3. The SMILES string of the molecule is COCCCN1CC2(CCCN(c3ccncc3F)C2)CCC1=O. The second kappa shape index (κ2) is 7.47. The summed E-state index contributed by atoms with van der Waals surface area (Å²) in [6.07, 6.45) is 7.40. The van der Waals surface area contributed by atoms with Gasteiger partial charge in [-0.15, -0.1) is 0 Å². The Kier molecular flexibility index (Phi) is 5.33. The van der Waals surface area contributed by atoms with Gasteiger partial charge in [-0.25, -0.2) is 4.39 Å². The average molecular weight is 335 g/mol. The number of nitrogens with zero attached hydrogens (tertiary/aromatic N) is 3. The Morgan fingerprint density at radius 2 is 2.25 bits per heavy atom. The maximum Gasteiger partial charge on any atom is 0.222 e. The number of rotatable bonds is 5. The molecule has 1 spiro atoms. The maximum absolute atomic E-state index is 14.1. The molecule has 0 radical (unpaired) electrons. The highest BCUT2D eigenvalue weighted by atomic mass is 19.1. The number of carbonyl (C=O) groups is 1. The van der Waals surface area contributed by atoms with Crippen LogP contribution in [-0.2, 0) is 9.53 Å². The van der Waals surface area contributed by atoms with Gasteiger partial charge in [-0.2, -0.15) is 0 Å². The van der Waals surface area contributed by atoms with Gasteiger partial charge < -0.3 is 14.5 Å². The van der Waals surface area contributed by atoms with Crippen molar-refractivity contribution in [1.82, 2.24) is 9.88 Å². The molecule has 2 fully saturated rings. The number of pyridine rings is 1. The Morgan fingerprint density at radius 3 is 3.04 bits per heavy atom. The molecule has 1 amide bonds. The molecule has 3 rings (SSSR count). The van der Waals surface area contributed by atoms with Crippen LogP contribution in [0.1, 0.15) is 32.1 Å². The van der Waals surface area contributed by atoms with E-state index in [1.807, 2.05) is 4.90 Å². The Balaban J connectivity index is 1.70. The van der Waals surface area contributed by atoms with Crippen molar-refractivity contribution in [3.8, 4) is 0 Å². The number of likely N-dealkylation sites (tertiary alicyclic amines) is 1. The first-order valence-corrected chi connectivity index (χ1v) is 8.75. The molecular weight excluding hydrogens is 309 g/mol. The lowest BCUT2D eigenvalue weighted by Gasteiger charge is -2.49. The Bertz CT molecular complexity index is 583. The number of piperidine rings is 2. The van der Waals surface area contributed by atoms with Gasteiger partial charge in [-0.3, -0.25) is 9.78 Å². The summed E-state index contributed by atoms with van der Waals surface area (Å²) >= 11 is 0. The lowest BCUT2D eigenvalue weighted by Crippen LogP contribution is -2.54. The third-order valence-electron chi connectivity index (χ3n) is 5.28. The van der Waals surface area contributed by atoms with E-state index in [9.17, 15) is 9.18 Å². The third kappa shape index (κ3) is 3.69. The lowest BCUT2D eigenvalue weighted by molar-refractivity contribution is -0.138. The number of hydrogen-bond donors (Lipinski definition) is 0. The van der Waals surface area contributed by atoms with Crippen molar-refractivity contribution in [1.29, 1.82) is 0 Å². The van der Waals surface area contributed by atoms with Crippen LogP contribution in [0.3, 0.4) is 0 Å². The van der Waals surface area contributed by atoms with Crippen LogP contribution in [0, 0.1) is 11.2 Å². The summed E-state index contributed by atoms with van der Waals surface area (Å²) in [5.74, 6) is -0.0256.